The Morgan fingerprint density at radius 3 is 2.62 bits per heavy atom. The van der Waals surface area contributed by atoms with Crippen molar-refractivity contribution in [3.63, 3.8) is 0 Å². The van der Waals surface area contributed by atoms with Gasteiger partial charge in [0, 0.05) is 34.3 Å². The van der Waals surface area contributed by atoms with Gasteiger partial charge in [0.25, 0.3) is 0 Å². The van der Waals surface area contributed by atoms with Gasteiger partial charge in [0.1, 0.15) is 12.0 Å². The van der Waals surface area contributed by atoms with E-state index in [1.54, 1.807) is 12.1 Å². The Bertz CT molecular complexity index is 1420. The molecule has 0 radical (unpaired) electrons. The molecular weight excluding hydrogens is 399 g/mol. The molecule has 0 saturated carbocycles. The average molecular weight is 425 g/mol. The molecule has 3 aromatic carbocycles. The average Bonchev–Trinajstić information content (AvgIpc) is 3.16. The third-order valence-corrected chi connectivity index (χ3v) is 5.76. The summed E-state index contributed by atoms with van der Waals surface area (Å²) in [4.78, 5) is 13.5. The van der Waals surface area contributed by atoms with Crippen LogP contribution in [-0.2, 0) is 6.42 Å². The Kier molecular flexibility index (Phi) is 5.65. The normalized spacial score (nSPS) is 15.8. The zero-order chi connectivity index (χ0) is 21.9. The van der Waals surface area contributed by atoms with Gasteiger partial charge in [-0.05, 0) is 42.8 Å². The molecule has 1 unspecified atom stereocenters. The minimum absolute atomic E-state index is 0.283. The van der Waals surface area contributed by atoms with Gasteiger partial charge >= 0.3 is 0 Å². The molecule has 4 nitrogen and oxygen atoms in total. The molecule has 1 aromatic heterocycles. The maximum atomic E-state index is 14.9. The summed E-state index contributed by atoms with van der Waals surface area (Å²) >= 11 is 0. The van der Waals surface area contributed by atoms with E-state index in [9.17, 15) is 4.39 Å². The molecule has 0 spiro atoms. The number of halogens is 1. The Balaban J connectivity index is 1.71. The maximum Gasteiger partial charge on any atom is 0.139 e. The molecule has 2 heterocycles. The van der Waals surface area contributed by atoms with E-state index >= 15 is 0 Å². The summed E-state index contributed by atoms with van der Waals surface area (Å²) in [5.74, 6) is -0.285. The largest absolute Gasteiger partial charge is 0.361 e. The highest BCUT2D eigenvalue weighted by Crippen LogP contribution is 2.22. The Morgan fingerprint density at radius 2 is 1.75 bits per heavy atom. The predicted octanol–water partition coefficient (Wildman–Crippen LogP) is 4.11. The van der Waals surface area contributed by atoms with Crippen molar-refractivity contribution in [1.29, 1.82) is 0 Å². The third-order valence-electron chi connectivity index (χ3n) is 5.76. The van der Waals surface area contributed by atoms with Crippen molar-refractivity contribution in [3.05, 3.63) is 107 Å². The van der Waals surface area contributed by atoms with Gasteiger partial charge in [-0.15, -0.1) is 0 Å². The van der Waals surface area contributed by atoms with Crippen LogP contribution in [0.5, 0.6) is 0 Å². The molecule has 0 saturated heterocycles. The fourth-order valence-electron chi connectivity index (χ4n) is 4.18. The van der Waals surface area contributed by atoms with Crippen LogP contribution in [0.25, 0.3) is 16.6 Å². The van der Waals surface area contributed by atoms with Gasteiger partial charge in [-0.2, -0.15) is 0 Å². The van der Waals surface area contributed by atoms with Crippen molar-refractivity contribution in [2.45, 2.75) is 25.9 Å². The Labute approximate surface area is 186 Å². The van der Waals surface area contributed by atoms with Crippen molar-refractivity contribution in [1.82, 2.24) is 10.3 Å². The quantitative estimate of drug-likeness (QED) is 0.481. The summed E-state index contributed by atoms with van der Waals surface area (Å²) in [5, 5.41) is 6.36. The molecule has 2 N–H and O–H groups in total. The first-order chi connectivity index (χ1) is 15.7. The summed E-state index contributed by atoms with van der Waals surface area (Å²) < 4.78 is 14.9. The number of H-pyrrole nitrogens is 1. The van der Waals surface area contributed by atoms with Gasteiger partial charge in [0.05, 0.1) is 16.8 Å². The molecule has 32 heavy (non-hydrogen) atoms. The van der Waals surface area contributed by atoms with Gasteiger partial charge < -0.3 is 4.98 Å². The molecule has 4 aromatic rings. The molecule has 5 rings (SSSR count). The van der Waals surface area contributed by atoms with Crippen LogP contribution < -0.4 is 15.9 Å². The van der Waals surface area contributed by atoms with Crippen molar-refractivity contribution in [3.8, 4) is 0 Å². The minimum atomic E-state index is -0.285. The first kappa shape index (κ1) is 20.3. The van der Waals surface area contributed by atoms with Crippen molar-refractivity contribution in [2.24, 2.45) is 9.98 Å². The van der Waals surface area contributed by atoms with E-state index in [2.05, 4.69) is 29.4 Å². The number of rotatable bonds is 6. The number of nitrogens with one attached hydrogen (secondary N) is 2. The number of benzene rings is 3. The Morgan fingerprint density at radius 1 is 0.969 bits per heavy atom. The Hall–Kier alpha value is -3.57. The second kappa shape index (κ2) is 8.89. The second-order valence-electron chi connectivity index (χ2n) is 7.97. The molecule has 1 aliphatic rings. The number of aliphatic imine (C=N–C) groups is 1. The molecule has 0 bridgehead atoms. The van der Waals surface area contributed by atoms with Crippen molar-refractivity contribution >= 4 is 22.3 Å². The van der Waals surface area contributed by atoms with Gasteiger partial charge in [0.2, 0.25) is 0 Å². The topological polar surface area (TPSA) is 52.5 Å². The zero-order valence-electron chi connectivity index (χ0n) is 18.0. The number of hydrogen-bond acceptors (Lipinski definition) is 3. The van der Waals surface area contributed by atoms with Crippen molar-refractivity contribution in [2.75, 3.05) is 6.54 Å². The molecule has 1 aliphatic heterocycles. The fourth-order valence-corrected chi connectivity index (χ4v) is 4.18. The van der Waals surface area contributed by atoms with Crippen LogP contribution in [-0.4, -0.2) is 23.4 Å². The minimum Gasteiger partial charge on any atom is -0.361 e. The summed E-state index contributed by atoms with van der Waals surface area (Å²) in [6, 6.07) is 22.9. The van der Waals surface area contributed by atoms with E-state index in [1.165, 1.54) is 11.5 Å². The molecule has 5 heteroatoms. The molecule has 0 fully saturated rings. The molecule has 1 atom stereocenters. The lowest BCUT2D eigenvalue weighted by molar-refractivity contribution is 0.615. The standard InChI is InChI=1S/C27H25FN4/c1-2-15-29-27-25(16-18-17-30-23-13-7-4-9-19(18)23)31-26(20-10-3-6-12-22(20)28)21-11-5-8-14-24(21)32-27/h3-14,17,27,29-30H,2,15-16H2,1H3. The smallest absolute Gasteiger partial charge is 0.139 e. The monoisotopic (exact) mass is 424 g/mol. The summed E-state index contributed by atoms with van der Waals surface area (Å²) in [5.41, 5.74) is 4.23. The van der Waals surface area contributed by atoms with Crippen LogP contribution in [0.4, 0.5) is 4.39 Å². The predicted molar refractivity (Wildman–Crippen MR) is 128 cm³/mol. The van der Waals surface area contributed by atoms with Crippen LogP contribution in [0.3, 0.4) is 0 Å². The number of fused-ring (bicyclic) bond motifs is 2. The lowest BCUT2D eigenvalue weighted by Gasteiger charge is -2.17. The lowest BCUT2D eigenvalue weighted by Crippen LogP contribution is -2.38. The van der Waals surface area contributed by atoms with E-state index in [1.807, 2.05) is 48.7 Å². The molecule has 0 amide bonds. The molecule has 0 aliphatic carbocycles. The summed E-state index contributed by atoms with van der Waals surface area (Å²) in [7, 11) is 0. The highest BCUT2D eigenvalue weighted by molar-refractivity contribution is 5.98. The van der Waals surface area contributed by atoms with Gasteiger partial charge in [-0.25, -0.2) is 4.39 Å². The first-order valence-electron chi connectivity index (χ1n) is 11.0. The highest BCUT2D eigenvalue weighted by atomic mass is 19.1. The molecule has 160 valence electrons. The van der Waals surface area contributed by atoms with Crippen molar-refractivity contribution < 1.29 is 4.39 Å². The number of aromatic nitrogens is 1. The summed E-state index contributed by atoms with van der Waals surface area (Å²) in [6.45, 7) is 2.95. The van der Waals surface area contributed by atoms with E-state index in [-0.39, 0.29) is 12.0 Å². The van der Waals surface area contributed by atoms with Crippen LogP contribution in [0, 0.1) is 5.82 Å². The van der Waals surface area contributed by atoms with E-state index in [0.717, 1.165) is 40.3 Å². The highest BCUT2D eigenvalue weighted by Gasteiger charge is 2.21. The lowest BCUT2D eigenvalue weighted by atomic mass is 10.0. The second-order valence-corrected chi connectivity index (χ2v) is 7.97. The number of aromatic amines is 1. The third kappa shape index (κ3) is 3.87. The van der Waals surface area contributed by atoms with E-state index in [4.69, 9.17) is 9.98 Å². The number of hydrogen-bond donors (Lipinski definition) is 2. The van der Waals surface area contributed by atoms with Gasteiger partial charge in [0.15, 0.2) is 0 Å². The molecular formula is C27H25FN4. The van der Waals surface area contributed by atoms with Crippen LogP contribution >= 0.6 is 0 Å². The van der Waals surface area contributed by atoms with Crippen LogP contribution in [0.2, 0.25) is 0 Å². The van der Waals surface area contributed by atoms with E-state index < -0.39 is 0 Å². The number of para-hydroxylation sites is 2. The van der Waals surface area contributed by atoms with Crippen LogP contribution in [0.15, 0.2) is 89.0 Å². The zero-order valence-corrected chi connectivity index (χ0v) is 18.0. The number of nitrogens with zero attached hydrogens (tertiary/aromatic N) is 2. The fraction of sp³-hybridized carbons (Fsp3) is 0.185. The summed E-state index contributed by atoms with van der Waals surface area (Å²) in [6.07, 6.45) is 3.35. The SMILES string of the molecule is CCCNC1N=c2ccccc2=C(c2ccccc2F)N=C1Cc1c[nH]c2ccccc12. The maximum absolute atomic E-state index is 14.9. The first-order valence-corrected chi connectivity index (χ1v) is 11.0. The van der Waals surface area contributed by atoms with E-state index in [0.29, 0.717) is 17.7 Å². The van der Waals surface area contributed by atoms with Gasteiger partial charge in [-0.3, -0.25) is 15.3 Å². The van der Waals surface area contributed by atoms with Crippen LogP contribution in [0.1, 0.15) is 24.5 Å². The van der Waals surface area contributed by atoms with Gasteiger partial charge in [-0.1, -0.05) is 55.5 Å².